The van der Waals surface area contributed by atoms with Crippen LogP contribution in [0.2, 0.25) is 0 Å². The second-order valence-corrected chi connectivity index (χ2v) is 6.00. The molecule has 0 unspecified atom stereocenters. The summed E-state index contributed by atoms with van der Waals surface area (Å²) in [6.07, 6.45) is -3.20. The van der Waals surface area contributed by atoms with E-state index < -0.39 is 18.6 Å². The second-order valence-electron chi connectivity index (χ2n) is 6.00. The Labute approximate surface area is 151 Å². The molecule has 2 rings (SSSR count). The molecule has 0 bridgehead atoms. The molecule has 0 radical (unpaired) electrons. The van der Waals surface area contributed by atoms with Gasteiger partial charge in [-0.25, -0.2) is 0 Å². The molecule has 0 spiro atoms. The van der Waals surface area contributed by atoms with Crippen LogP contribution in [-0.2, 0) is 6.61 Å². The minimum atomic E-state index is -4.43. The van der Waals surface area contributed by atoms with E-state index in [1.165, 1.54) is 12.1 Å². The van der Waals surface area contributed by atoms with Crippen molar-refractivity contribution < 1.29 is 22.7 Å². The molecular formula is C20H22F3NO2. The highest BCUT2D eigenvalue weighted by Gasteiger charge is 2.33. The molecule has 26 heavy (non-hydrogen) atoms. The number of hydrogen-bond donors (Lipinski definition) is 0. The van der Waals surface area contributed by atoms with Gasteiger partial charge in [-0.15, -0.1) is 0 Å². The second kappa shape index (κ2) is 9.27. The third-order valence-electron chi connectivity index (χ3n) is 3.77. The molecule has 0 saturated heterocycles. The molecule has 0 saturated carbocycles. The fourth-order valence-corrected chi connectivity index (χ4v) is 2.46. The number of alkyl halides is 3. The molecule has 140 valence electrons. The van der Waals surface area contributed by atoms with Crippen molar-refractivity contribution in [1.29, 1.82) is 0 Å². The van der Waals surface area contributed by atoms with Crippen LogP contribution in [0.4, 0.5) is 13.2 Å². The Bertz CT molecular complexity index is 702. The van der Waals surface area contributed by atoms with E-state index in [4.69, 9.17) is 4.74 Å². The van der Waals surface area contributed by atoms with Crippen LogP contribution in [0.25, 0.3) is 0 Å². The van der Waals surface area contributed by atoms with Crippen LogP contribution in [-0.4, -0.2) is 30.1 Å². The van der Waals surface area contributed by atoms with Crippen LogP contribution in [0.15, 0.2) is 54.6 Å². The zero-order valence-electron chi connectivity index (χ0n) is 14.6. The van der Waals surface area contributed by atoms with Gasteiger partial charge in [0.2, 0.25) is 0 Å². The van der Waals surface area contributed by atoms with Crippen LogP contribution in [0.3, 0.4) is 0 Å². The predicted molar refractivity (Wildman–Crippen MR) is 94.1 cm³/mol. The summed E-state index contributed by atoms with van der Waals surface area (Å²) in [5.41, 5.74) is 1.15. The van der Waals surface area contributed by atoms with E-state index in [0.29, 0.717) is 25.2 Å². The maximum absolute atomic E-state index is 12.8. The maximum atomic E-state index is 12.8. The number of unbranched alkanes of at least 4 members (excludes halogenated alkanes) is 1. The molecule has 0 aliphatic rings. The van der Waals surface area contributed by atoms with Gasteiger partial charge in [-0.2, -0.15) is 13.2 Å². The first-order chi connectivity index (χ1) is 12.4. The van der Waals surface area contributed by atoms with Gasteiger partial charge < -0.3 is 9.64 Å². The predicted octanol–water partition coefficient (Wildman–Crippen LogP) is 5.07. The number of amides is 1. The largest absolute Gasteiger partial charge is 0.489 e. The van der Waals surface area contributed by atoms with Crippen molar-refractivity contribution in [1.82, 2.24) is 4.90 Å². The molecule has 2 aromatic rings. The Hall–Kier alpha value is -2.50. The van der Waals surface area contributed by atoms with Crippen molar-refractivity contribution >= 4 is 5.91 Å². The number of hydrogen-bond acceptors (Lipinski definition) is 2. The molecular weight excluding hydrogens is 343 g/mol. The van der Waals surface area contributed by atoms with Gasteiger partial charge in [-0.3, -0.25) is 4.79 Å². The lowest BCUT2D eigenvalue weighted by atomic mass is 10.1. The van der Waals surface area contributed by atoms with Gasteiger partial charge in [0.15, 0.2) is 0 Å². The Kier molecular flexibility index (Phi) is 7.06. The normalized spacial score (nSPS) is 11.2. The third-order valence-corrected chi connectivity index (χ3v) is 3.77. The topological polar surface area (TPSA) is 29.5 Å². The van der Waals surface area contributed by atoms with Gasteiger partial charge >= 0.3 is 6.18 Å². The quantitative estimate of drug-likeness (QED) is 0.654. The first-order valence-corrected chi connectivity index (χ1v) is 8.52. The van der Waals surface area contributed by atoms with E-state index in [0.717, 1.165) is 10.5 Å². The first kappa shape index (κ1) is 19.8. The molecule has 0 N–H and O–H groups in total. The molecule has 1 amide bonds. The maximum Gasteiger partial charge on any atom is 0.406 e. The van der Waals surface area contributed by atoms with E-state index in [1.807, 2.05) is 37.3 Å². The van der Waals surface area contributed by atoms with Crippen LogP contribution < -0.4 is 4.74 Å². The fraction of sp³-hybridized carbons (Fsp3) is 0.350. The lowest BCUT2D eigenvalue weighted by molar-refractivity contribution is -0.140. The molecule has 0 aromatic heterocycles. The monoisotopic (exact) mass is 365 g/mol. The van der Waals surface area contributed by atoms with Crippen LogP contribution in [0, 0.1) is 0 Å². The minimum Gasteiger partial charge on any atom is -0.489 e. The van der Waals surface area contributed by atoms with Crippen molar-refractivity contribution in [3.05, 3.63) is 65.7 Å². The van der Waals surface area contributed by atoms with Crippen molar-refractivity contribution in [3.63, 3.8) is 0 Å². The summed E-state index contributed by atoms with van der Waals surface area (Å²) < 4.78 is 44.0. The molecule has 6 heteroatoms. The van der Waals surface area contributed by atoms with E-state index in [1.54, 1.807) is 12.1 Å². The molecule has 0 atom stereocenters. The molecule has 0 fully saturated rings. The summed E-state index contributed by atoms with van der Waals surface area (Å²) in [6, 6.07) is 15.8. The Morgan fingerprint density at radius 2 is 1.81 bits per heavy atom. The number of carbonyl (C=O) groups is 1. The van der Waals surface area contributed by atoms with E-state index in [9.17, 15) is 18.0 Å². The highest BCUT2D eigenvalue weighted by molar-refractivity contribution is 5.94. The number of ether oxygens (including phenoxy) is 1. The van der Waals surface area contributed by atoms with Gasteiger partial charge in [-0.1, -0.05) is 49.7 Å². The fourth-order valence-electron chi connectivity index (χ4n) is 2.46. The highest BCUT2D eigenvalue weighted by Crippen LogP contribution is 2.21. The average molecular weight is 365 g/mol. The SMILES string of the molecule is CCCCN(CC(F)(F)F)C(=O)c1cccc(OCc2ccccc2)c1. The summed E-state index contributed by atoms with van der Waals surface area (Å²) in [6.45, 7) is 1.01. The molecule has 0 aliphatic heterocycles. The summed E-state index contributed by atoms with van der Waals surface area (Å²) in [4.78, 5) is 13.4. The standard InChI is InChI=1S/C20H22F3NO2/c1-2-3-12-24(15-20(21,22)23)19(25)17-10-7-11-18(13-17)26-14-16-8-5-4-6-9-16/h4-11,13H,2-3,12,14-15H2,1H3. The lowest BCUT2D eigenvalue weighted by Crippen LogP contribution is -2.39. The van der Waals surface area contributed by atoms with Crippen molar-refractivity contribution in [2.24, 2.45) is 0 Å². The number of halogens is 3. The molecule has 2 aromatic carbocycles. The summed E-state index contributed by atoms with van der Waals surface area (Å²) >= 11 is 0. The van der Waals surface area contributed by atoms with Crippen LogP contribution >= 0.6 is 0 Å². The molecule has 0 heterocycles. The summed E-state index contributed by atoms with van der Waals surface area (Å²) in [7, 11) is 0. The minimum absolute atomic E-state index is 0.0734. The molecule has 3 nitrogen and oxygen atoms in total. The summed E-state index contributed by atoms with van der Waals surface area (Å²) in [5, 5.41) is 0. The van der Waals surface area contributed by atoms with Gasteiger partial charge in [0, 0.05) is 12.1 Å². The van der Waals surface area contributed by atoms with E-state index in [2.05, 4.69) is 0 Å². The van der Waals surface area contributed by atoms with E-state index in [-0.39, 0.29) is 12.1 Å². The van der Waals surface area contributed by atoms with E-state index >= 15 is 0 Å². The average Bonchev–Trinajstić information content (AvgIpc) is 2.63. The lowest BCUT2D eigenvalue weighted by Gasteiger charge is -2.24. The Balaban J connectivity index is 2.08. The zero-order valence-corrected chi connectivity index (χ0v) is 14.6. The van der Waals surface area contributed by atoms with Crippen molar-refractivity contribution in [2.75, 3.05) is 13.1 Å². The van der Waals surface area contributed by atoms with Crippen molar-refractivity contribution in [3.8, 4) is 5.75 Å². The third kappa shape index (κ3) is 6.43. The number of carbonyl (C=O) groups excluding carboxylic acids is 1. The number of rotatable bonds is 8. The van der Waals surface area contributed by atoms with Gasteiger partial charge in [-0.05, 0) is 30.2 Å². The number of nitrogens with zero attached hydrogens (tertiary/aromatic N) is 1. The van der Waals surface area contributed by atoms with Crippen LogP contribution in [0.5, 0.6) is 5.75 Å². The molecule has 0 aliphatic carbocycles. The van der Waals surface area contributed by atoms with Crippen LogP contribution in [0.1, 0.15) is 35.7 Å². The smallest absolute Gasteiger partial charge is 0.406 e. The first-order valence-electron chi connectivity index (χ1n) is 8.52. The highest BCUT2D eigenvalue weighted by atomic mass is 19.4. The zero-order chi connectivity index (χ0) is 19.0. The van der Waals surface area contributed by atoms with Crippen molar-refractivity contribution in [2.45, 2.75) is 32.5 Å². The Morgan fingerprint density at radius 1 is 1.08 bits per heavy atom. The van der Waals surface area contributed by atoms with Gasteiger partial charge in [0.25, 0.3) is 5.91 Å². The van der Waals surface area contributed by atoms with Gasteiger partial charge in [0.1, 0.15) is 18.9 Å². The Morgan fingerprint density at radius 3 is 2.46 bits per heavy atom. The number of benzene rings is 2. The summed E-state index contributed by atoms with van der Waals surface area (Å²) in [5.74, 6) is -0.192. The van der Waals surface area contributed by atoms with Gasteiger partial charge in [0.05, 0.1) is 0 Å².